The fourth-order valence-electron chi connectivity index (χ4n) is 2.05. The third-order valence-corrected chi connectivity index (χ3v) is 4.18. The van der Waals surface area contributed by atoms with Crippen LogP contribution in [0.1, 0.15) is 33.2 Å². The molecule has 1 aliphatic rings. The number of hydrogen-bond acceptors (Lipinski definition) is 9. The van der Waals surface area contributed by atoms with E-state index in [1.165, 1.54) is 0 Å². The summed E-state index contributed by atoms with van der Waals surface area (Å²) in [5, 5.41) is 0. The molecule has 0 aromatic carbocycles. The van der Waals surface area contributed by atoms with Crippen molar-refractivity contribution in [1.29, 1.82) is 0 Å². The quantitative estimate of drug-likeness (QED) is 0.739. The standard InChI is InChI=1S/C16H22O8S/c1-3-21-15(17)13-11-12(14(25-13)16(18)22-4-2)24-10-8-20-6-5-19-7-9-23-11/h3-10H2,1-2H3. The summed E-state index contributed by atoms with van der Waals surface area (Å²) in [5.41, 5.74) is 0. The van der Waals surface area contributed by atoms with Crippen molar-refractivity contribution in [2.24, 2.45) is 0 Å². The third kappa shape index (κ3) is 5.32. The van der Waals surface area contributed by atoms with Gasteiger partial charge in [0.15, 0.2) is 21.3 Å². The van der Waals surface area contributed by atoms with E-state index in [1.54, 1.807) is 13.8 Å². The van der Waals surface area contributed by atoms with Crippen LogP contribution in [0.15, 0.2) is 0 Å². The van der Waals surface area contributed by atoms with Gasteiger partial charge in [-0.15, -0.1) is 11.3 Å². The highest BCUT2D eigenvalue weighted by Gasteiger charge is 2.31. The summed E-state index contributed by atoms with van der Waals surface area (Å²) >= 11 is 0.933. The van der Waals surface area contributed by atoms with Gasteiger partial charge in [0.05, 0.1) is 39.6 Å². The Morgan fingerprint density at radius 3 is 1.60 bits per heavy atom. The van der Waals surface area contributed by atoms with E-state index >= 15 is 0 Å². The summed E-state index contributed by atoms with van der Waals surface area (Å²) in [6.45, 7) is 5.72. The molecule has 0 radical (unpaired) electrons. The molecule has 2 rings (SSSR count). The monoisotopic (exact) mass is 374 g/mol. The minimum Gasteiger partial charge on any atom is -0.486 e. The molecule has 0 aliphatic carbocycles. The van der Waals surface area contributed by atoms with E-state index in [9.17, 15) is 9.59 Å². The number of hydrogen-bond donors (Lipinski definition) is 0. The molecule has 0 atom stereocenters. The number of esters is 2. The summed E-state index contributed by atoms with van der Waals surface area (Å²) < 4.78 is 32.2. The van der Waals surface area contributed by atoms with Crippen molar-refractivity contribution in [3.63, 3.8) is 0 Å². The molecule has 9 heteroatoms. The molecule has 0 saturated heterocycles. The van der Waals surface area contributed by atoms with Gasteiger partial charge in [-0.25, -0.2) is 9.59 Å². The number of rotatable bonds is 4. The van der Waals surface area contributed by atoms with E-state index < -0.39 is 11.9 Å². The highest BCUT2D eigenvalue weighted by atomic mass is 32.1. The van der Waals surface area contributed by atoms with Crippen LogP contribution in [0.3, 0.4) is 0 Å². The molecule has 0 unspecified atom stereocenters. The van der Waals surface area contributed by atoms with Crippen LogP contribution in [0, 0.1) is 0 Å². The summed E-state index contributed by atoms with van der Waals surface area (Å²) in [5.74, 6) is -0.800. The summed E-state index contributed by atoms with van der Waals surface area (Å²) in [6, 6.07) is 0. The van der Waals surface area contributed by atoms with Gasteiger partial charge in [-0.1, -0.05) is 0 Å². The van der Waals surface area contributed by atoms with Gasteiger partial charge in [0.25, 0.3) is 0 Å². The molecule has 0 bridgehead atoms. The Morgan fingerprint density at radius 2 is 1.20 bits per heavy atom. The normalized spacial score (nSPS) is 15.6. The molecule has 0 spiro atoms. The number of carbonyl (C=O) groups excluding carboxylic acids is 2. The second-order valence-electron chi connectivity index (χ2n) is 4.78. The predicted octanol–water partition coefficient (Wildman–Crippen LogP) is 1.91. The largest absolute Gasteiger partial charge is 0.486 e. The Kier molecular flexibility index (Phi) is 7.96. The molecule has 0 N–H and O–H groups in total. The lowest BCUT2D eigenvalue weighted by atomic mass is 10.3. The highest BCUT2D eigenvalue weighted by molar-refractivity contribution is 7.16. The zero-order chi connectivity index (χ0) is 18.1. The first kappa shape index (κ1) is 19.5. The van der Waals surface area contributed by atoms with Gasteiger partial charge in [0, 0.05) is 0 Å². The topological polar surface area (TPSA) is 89.5 Å². The Morgan fingerprint density at radius 1 is 0.800 bits per heavy atom. The maximum Gasteiger partial charge on any atom is 0.352 e. The van der Waals surface area contributed by atoms with Crippen molar-refractivity contribution in [3.8, 4) is 11.5 Å². The van der Waals surface area contributed by atoms with Crippen LogP contribution in [0.5, 0.6) is 11.5 Å². The SMILES string of the molecule is CCOC(=O)c1sc(C(=O)OCC)c2c1OCCOCCOCCO2. The zero-order valence-corrected chi connectivity index (χ0v) is 15.1. The Bertz CT molecular complexity index is 534. The fourth-order valence-corrected chi connectivity index (χ4v) is 3.03. The van der Waals surface area contributed by atoms with Crippen molar-refractivity contribution in [1.82, 2.24) is 0 Å². The van der Waals surface area contributed by atoms with Crippen molar-refractivity contribution in [2.45, 2.75) is 13.8 Å². The summed E-state index contributed by atoms with van der Waals surface area (Å²) in [6.07, 6.45) is 0. The van der Waals surface area contributed by atoms with E-state index in [-0.39, 0.29) is 47.7 Å². The van der Waals surface area contributed by atoms with Gasteiger partial charge in [0.2, 0.25) is 0 Å². The minimum atomic E-state index is -0.577. The molecule has 8 nitrogen and oxygen atoms in total. The van der Waals surface area contributed by atoms with Crippen molar-refractivity contribution >= 4 is 23.3 Å². The molecule has 25 heavy (non-hydrogen) atoms. The van der Waals surface area contributed by atoms with Crippen LogP contribution in [-0.2, 0) is 18.9 Å². The third-order valence-electron chi connectivity index (χ3n) is 3.06. The van der Waals surface area contributed by atoms with Crippen molar-refractivity contribution in [3.05, 3.63) is 9.75 Å². The first-order valence-corrected chi connectivity index (χ1v) is 8.92. The maximum atomic E-state index is 12.2. The van der Waals surface area contributed by atoms with Crippen LogP contribution < -0.4 is 9.47 Å². The van der Waals surface area contributed by atoms with E-state index in [0.29, 0.717) is 26.4 Å². The predicted molar refractivity (Wildman–Crippen MR) is 88.9 cm³/mol. The first-order valence-electron chi connectivity index (χ1n) is 8.11. The fraction of sp³-hybridized carbons (Fsp3) is 0.625. The maximum absolute atomic E-state index is 12.2. The molecule has 0 amide bonds. The van der Waals surface area contributed by atoms with Gasteiger partial charge >= 0.3 is 11.9 Å². The molecule has 140 valence electrons. The Hall–Kier alpha value is -1.84. The highest BCUT2D eigenvalue weighted by Crippen LogP contribution is 2.43. The van der Waals surface area contributed by atoms with E-state index in [4.69, 9.17) is 28.4 Å². The van der Waals surface area contributed by atoms with Crippen molar-refractivity contribution < 1.29 is 38.0 Å². The molecule has 0 saturated carbocycles. The molecular weight excluding hydrogens is 352 g/mol. The number of carbonyl (C=O) groups is 2. The molecular formula is C16H22O8S. The van der Waals surface area contributed by atoms with Gasteiger partial charge < -0.3 is 28.4 Å². The number of thiophene rings is 1. The summed E-state index contributed by atoms with van der Waals surface area (Å²) in [7, 11) is 0. The first-order chi connectivity index (χ1) is 12.2. The van der Waals surface area contributed by atoms with E-state index in [1.807, 2.05) is 0 Å². The lowest BCUT2D eigenvalue weighted by Gasteiger charge is -2.14. The van der Waals surface area contributed by atoms with Crippen LogP contribution in [-0.4, -0.2) is 64.8 Å². The summed E-state index contributed by atoms with van der Waals surface area (Å²) in [4.78, 5) is 24.8. The molecule has 2 heterocycles. The minimum absolute atomic E-state index is 0.165. The van der Waals surface area contributed by atoms with E-state index in [0.717, 1.165) is 11.3 Å². The Labute approximate surface area is 149 Å². The van der Waals surface area contributed by atoms with Crippen LogP contribution in [0.2, 0.25) is 0 Å². The number of fused-ring (bicyclic) bond motifs is 1. The van der Waals surface area contributed by atoms with Crippen LogP contribution in [0.25, 0.3) is 0 Å². The van der Waals surface area contributed by atoms with Gasteiger partial charge in [0.1, 0.15) is 13.2 Å². The van der Waals surface area contributed by atoms with Gasteiger partial charge in [-0.05, 0) is 13.8 Å². The zero-order valence-electron chi connectivity index (χ0n) is 14.3. The smallest absolute Gasteiger partial charge is 0.352 e. The van der Waals surface area contributed by atoms with E-state index in [2.05, 4.69) is 0 Å². The van der Waals surface area contributed by atoms with Crippen molar-refractivity contribution in [2.75, 3.05) is 52.9 Å². The second kappa shape index (κ2) is 10.2. The lowest BCUT2D eigenvalue weighted by molar-refractivity contribution is 0.0216. The molecule has 1 aliphatic heterocycles. The molecule has 1 aromatic rings. The Balaban J connectivity index is 2.37. The molecule has 1 aromatic heterocycles. The average molecular weight is 374 g/mol. The lowest BCUT2D eigenvalue weighted by Crippen LogP contribution is -2.17. The molecule has 0 fully saturated rings. The second-order valence-corrected chi connectivity index (χ2v) is 5.80. The van der Waals surface area contributed by atoms with Gasteiger partial charge in [-0.3, -0.25) is 0 Å². The van der Waals surface area contributed by atoms with Crippen LogP contribution >= 0.6 is 11.3 Å². The van der Waals surface area contributed by atoms with Crippen LogP contribution in [0.4, 0.5) is 0 Å². The average Bonchev–Trinajstić information content (AvgIpc) is 2.94. The van der Waals surface area contributed by atoms with Gasteiger partial charge in [-0.2, -0.15) is 0 Å². The number of ether oxygens (including phenoxy) is 6.